The van der Waals surface area contributed by atoms with Crippen molar-refractivity contribution in [2.24, 2.45) is 0 Å². The second-order valence-electron chi connectivity index (χ2n) is 5.18. The van der Waals surface area contributed by atoms with Crippen molar-refractivity contribution in [1.29, 1.82) is 5.26 Å². The highest BCUT2D eigenvalue weighted by atomic mass is 19.1. The minimum atomic E-state index is -1.41. The second kappa shape index (κ2) is 7.51. The van der Waals surface area contributed by atoms with Crippen LogP contribution in [0.5, 0.6) is 0 Å². The van der Waals surface area contributed by atoms with Gasteiger partial charge in [0.25, 0.3) is 0 Å². The maximum absolute atomic E-state index is 14.9. The van der Waals surface area contributed by atoms with Gasteiger partial charge >= 0.3 is 5.97 Å². The maximum atomic E-state index is 14.9. The number of nitrogens with zero attached hydrogens (tertiary/aromatic N) is 1. The summed E-state index contributed by atoms with van der Waals surface area (Å²) in [5.41, 5.74) is -0.0894. The zero-order valence-corrected chi connectivity index (χ0v) is 13.0. The Morgan fingerprint density at radius 1 is 1.29 bits per heavy atom. The van der Waals surface area contributed by atoms with Crippen LogP contribution < -0.4 is 0 Å². The van der Waals surface area contributed by atoms with Crippen LogP contribution in [0.15, 0.2) is 42.5 Å². The standard InChI is InChI=1S/C19H15F2NO2/c1-2-3-4-5-14-16(20)10-15(19(23)24)17(18(14)21)13-8-6-12(11-22)7-9-13/h2-3,6-10H,4-5H2,1H3,(H,23,24)/b3-2+. The van der Waals surface area contributed by atoms with E-state index in [1.54, 1.807) is 12.2 Å². The third kappa shape index (κ3) is 3.49. The minimum absolute atomic E-state index is 0.130. The first kappa shape index (κ1) is 17.4. The normalized spacial score (nSPS) is 10.8. The van der Waals surface area contributed by atoms with E-state index in [1.165, 1.54) is 24.3 Å². The van der Waals surface area contributed by atoms with E-state index in [9.17, 15) is 18.7 Å². The van der Waals surface area contributed by atoms with Gasteiger partial charge in [-0.2, -0.15) is 5.26 Å². The fourth-order valence-electron chi connectivity index (χ4n) is 2.45. The minimum Gasteiger partial charge on any atom is -0.478 e. The lowest BCUT2D eigenvalue weighted by molar-refractivity contribution is 0.0696. The van der Waals surface area contributed by atoms with E-state index in [1.807, 2.05) is 13.0 Å². The van der Waals surface area contributed by atoms with Crippen LogP contribution in [0.1, 0.15) is 34.8 Å². The van der Waals surface area contributed by atoms with Crippen LogP contribution in [0.3, 0.4) is 0 Å². The van der Waals surface area contributed by atoms with Crippen molar-refractivity contribution >= 4 is 5.97 Å². The van der Waals surface area contributed by atoms with Crippen molar-refractivity contribution in [3.63, 3.8) is 0 Å². The van der Waals surface area contributed by atoms with Crippen LogP contribution >= 0.6 is 0 Å². The summed E-state index contributed by atoms with van der Waals surface area (Å²) in [5, 5.41) is 18.1. The molecule has 0 amide bonds. The highest BCUT2D eigenvalue weighted by molar-refractivity contribution is 5.96. The summed E-state index contributed by atoms with van der Waals surface area (Å²) in [6, 6.07) is 8.62. The van der Waals surface area contributed by atoms with Crippen molar-refractivity contribution in [2.75, 3.05) is 0 Å². The smallest absolute Gasteiger partial charge is 0.336 e. The Balaban J connectivity index is 2.63. The number of carboxylic acid groups (broad SMARTS) is 1. The van der Waals surface area contributed by atoms with Crippen LogP contribution in [-0.2, 0) is 6.42 Å². The topological polar surface area (TPSA) is 61.1 Å². The van der Waals surface area contributed by atoms with E-state index in [0.717, 1.165) is 6.07 Å². The maximum Gasteiger partial charge on any atom is 0.336 e. The highest BCUT2D eigenvalue weighted by Gasteiger charge is 2.23. The molecule has 24 heavy (non-hydrogen) atoms. The van der Waals surface area contributed by atoms with E-state index >= 15 is 0 Å². The number of rotatable bonds is 5. The summed E-state index contributed by atoms with van der Waals surface area (Å²) in [6.07, 6.45) is 4.14. The highest BCUT2D eigenvalue weighted by Crippen LogP contribution is 2.32. The molecule has 0 aliphatic carbocycles. The molecular formula is C19H15F2NO2. The van der Waals surface area contributed by atoms with Gasteiger partial charge in [0.1, 0.15) is 11.6 Å². The molecule has 0 bridgehead atoms. The number of hydrogen-bond donors (Lipinski definition) is 1. The zero-order chi connectivity index (χ0) is 17.7. The molecule has 122 valence electrons. The predicted molar refractivity (Wildman–Crippen MR) is 86.6 cm³/mol. The Labute approximate surface area is 138 Å². The van der Waals surface area contributed by atoms with E-state index in [0.29, 0.717) is 12.0 Å². The lowest BCUT2D eigenvalue weighted by Gasteiger charge is -2.13. The lowest BCUT2D eigenvalue weighted by Crippen LogP contribution is -2.07. The summed E-state index contributed by atoms with van der Waals surface area (Å²) in [6.45, 7) is 1.81. The van der Waals surface area contributed by atoms with Crippen LogP contribution in [0.25, 0.3) is 11.1 Å². The monoisotopic (exact) mass is 327 g/mol. The van der Waals surface area contributed by atoms with Crippen molar-refractivity contribution < 1.29 is 18.7 Å². The lowest BCUT2D eigenvalue weighted by atomic mass is 9.93. The largest absolute Gasteiger partial charge is 0.478 e. The molecular weight excluding hydrogens is 312 g/mol. The molecule has 0 fully saturated rings. The van der Waals surface area contributed by atoms with Gasteiger partial charge in [-0.05, 0) is 43.5 Å². The number of benzene rings is 2. The number of halogens is 2. The summed E-state index contributed by atoms with van der Waals surface area (Å²) >= 11 is 0. The van der Waals surface area contributed by atoms with Crippen LogP contribution in [0.4, 0.5) is 8.78 Å². The first-order valence-electron chi connectivity index (χ1n) is 7.35. The third-order valence-electron chi connectivity index (χ3n) is 3.64. The molecule has 2 rings (SSSR count). The van der Waals surface area contributed by atoms with E-state index < -0.39 is 23.2 Å². The summed E-state index contributed by atoms with van der Waals surface area (Å²) in [5.74, 6) is -3.15. The molecule has 0 radical (unpaired) electrons. The molecule has 2 aromatic carbocycles. The quantitative estimate of drug-likeness (QED) is 0.809. The molecule has 1 N–H and O–H groups in total. The van der Waals surface area contributed by atoms with E-state index in [4.69, 9.17) is 5.26 Å². The molecule has 0 atom stereocenters. The second-order valence-corrected chi connectivity index (χ2v) is 5.18. The van der Waals surface area contributed by atoms with Gasteiger partial charge in [0.15, 0.2) is 0 Å². The first-order valence-corrected chi connectivity index (χ1v) is 7.35. The fraction of sp³-hybridized carbons (Fsp3) is 0.158. The number of nitriles is 1. The number of allylic oxidation sites excluding steroid dienone is 2. The molecule has 0 saturated carbocycles. The van der Waals surface area contributed by atoms with E-state index in [2.05, 4.69) is 0 Å². The zero-order valence-electron chi connectivity index (χ0n) is 13.0. The third-order valence-corrected chi connectivity index (χ3v) is 3.64. The van der Waals surface area contributed by atoms with Gasteiger partial charge in [0, 0.05) is 11.1 Å². The van der Waals surface area contributed by atoms with Gasteiger partial charge < -0.3 is 5.11 Å². The van der Waals surface area contributed by atoms with Crippen LogP contribution in [0, 0.1) is 23.0 Å². The van der Waals surface area contributed by atoms with Crippen LogP contribution in [0.2, 0.25) is 0 Å². The molecule has 3 nitrogen and oxygen atoms in total. The molecule has 0 spiro atoms. The number of carboxylic acids is 1. The molecule has 0 unspecified atom stereocenters. The Morgan fingerprint density at radius 2 is 1.96 bits per heavy atom. The average Bonchev–Trinajstić information content (AvgIpc) is 2.57. The van der Waals surface area contributed by atoms with Gasteiger partial charge in [-0.15, -0.1) is 0 Å². The van der Waals surface area contributed by atoms with E-state index in [-0.39, 0.29) is 23.1 Å². The molecule has 0 saturated heterocycles. The Morgan fingerprint density at radius 3 is 2.50 bits per heavy atom. The average molecular weight is 327 g/mol. The SMILES string of the molecule is C/C=C/CCc1c(F)cc(C(=O)O)c(-c2ccc(C#N)cc2)c1F. The van der Waals surface area contributed by atoms with Gasteiger partial charge in [0.2, 0.25) is 0 Å². The van der Waals surface area contributed by atoms with Crippen molar-refractivity contribution in [3.8, 4) is 17.2 Å². The summed E-state index contributed by atoms with van der Waals surface area (Å²) in [4.78, 5) is 11.4. The fourth-order valence-corrected chi connectivity index (χ4v) is 2.45. The van der Waals surface area contributed by atoms with Crippen molar-refractivity contribution in [3.05, 3.63) is 70.8 Å². The van der Waals surface area contributed by atoms with Crippen molar-refractivity contribution in [1.82, 2.24) is 0 Å². The molecule has 0 heterocycles. The van der Waals surface area contributed by atoms with Gasteiger partial charge in [0.05, 0.1) is 17.2 Å². The number of carbonyl (C=O) groups is 1. The summed E-state index contributed by atoms with van der Waals surface area (Å²) < 4.78 is 29.0. The number of hydrogen-bond acceptors (Lipinski definition) is 2. The number of aromatic carboxylic acids is 1. The molecule has 2 aromatic rings. The van der Waals surface area contributed by atoms with Gasteiger partial charge in [-0.3, -0.25) is 0 Å². The molecule has 5 heteroatoms. The van der Waals surface area contributed by atoms with Crippen LogP contribution in [-0.4, -0.2) is 11.1 Å². The molecule has 0 aliphatic heterocycles. The Bertz CT molecular complexity index is 834. The van der Waals surface area contributed by atoms with Crippen molar-refractivity contribution in [2.45, 2.75) is 19.8 Å². The molecule has 0 aromatic heterocycles. The summed E-state index contributed by atoms with van der Waals surface area (Å²) in [7, 11) is 0. The van der Waals surface area contributed by atoms with Gasteiger partial charge in [-0.25, -0.2) is 13.6 Å². The predicted octanol–water partition coefficient (Wildman–Crippen LogP) is 4.71. The first-order chi connectivity index (χ1) is 11.5. The Kier molecular flexibility index (Phi) is 5.43. The van der Waals surface area contributed by atoms with Gasteiger partial charge in [-0.1, -0.05) is 24.3 Å². The molecule has 0 aliphatic rings. The Hall–Kier alpha value is -3.00.